The van der Waals surface area contributed by atoms with Gasteiger partial charge in [-0.15, -0.1) is 0 Å². The monoisotopic (exact) mass is 254 g/mol. The molecular weight excluding hydrogens is 249 g/mol. The molecule has 0 aliphatic carbocycles. The zero-order chi connectivity index (χ0) is 10.2. The number of hydrogen-bond donors (Lipinski definition) is 0. The molecule has 0 heterocycles. The second-order valence-electron chi connectivity index (χ2n) is 2.41. The van der Waals surface area contributed by atoms with Crippen molar-refractivity contribution in [2.24, 2.45) is 0 Å². The van der Waals surface area contributed by atoms with Crippen molar-refractivity contribution in [1.29, 1.82) is 0 Å². The fourth-order valence-electron chi connectivity index (χ4n) is 0.964. The Hall–Kier alpha value is -0.710. The molecule has 0 atom stereocenters. The van der Waals surface area contributed by atoms with E-state index in [9.17, 15) is 13.2 Å². The summed E-state index contributed by atoms with van der Waals surface area (Å²) < 4.78 is 43.0. The van der Waals surface area contributed by atoms with Gasteiger partial charge in [-0.25, -0.2) is 8.78 Å². The summed E-state index contributed by atoms with van der Waals surface area (Å²) in [5.74, 6) is -4.36. The molecule has 1 rings (SSSR count). The van der Waals surface area contributed by atoms with E-state index in [-0.39, 0.29) is 15.8 Å². The first kappa shape index (κ1) is 10.4. The van der Waals surface area contributed by atoms with Gasteiger partial charge in [-0.3, -0.25) is 0 Å². The topological polar surface area (TPSA) is 9.23 Å². The van der Waals surface area contributed by atoms with E-state index in [4.69, 9.17) is 0 Å². The van der Waals surface area contributed by atoms with Gasteiger partial charge in [0.05, 0.1) is 11.6 Å². The zero-order valence-corrected chi connectivity index (χ0v) is 8.51. The van der Waals surface area contributed by atoms with E-state index in [1.807, 2.05) is 0 Å². The van der Waals surface area contributed by atoms with Crippen LogP contribution < -0.4 is 4.74 Å². The SMILES string of the molecule is COc1c(C)c(Br)c(F)c(F)c1F. The third kappa shape index (κ3) is 1.52. The highest BCUT2D eigenvalue weighted by molar-refractivity contribution is 9.10. The Morgan fingerprint density at radius 3 is 2.08 bits per heavy atom. The fourth-order valence-corrected chi connectivity index (χ4v) is 1.32. The van der Waals surface area contributed by atoms with Crippen LogP contribution in [0.3, 0.4) is 0 Å². The molecule has 1 aromatic rings. The van der Waals surface area contributed by atoms with Crippen molar-refractivity contribution < 1.29 is 17.9 Å². The Kier molecular flexibility index (Phi) is 2.85. The van der Waals surface area contributed by atoms with Gasteiger partial charge in [-0.2, -0.15) is 4.39 Å². The fraction of sp³-hybridized carbons (Fsp3) is 0.250. The molecule has 13 heavy (non-hydrogen) atoms. The molecule has 0 saturated carbocycles. The molecule has 0 radical (unpaired) electrons. The molecule has 1 aromatic carbocycles. The average molecular weight is 255 g/mol. The summed E-state index contributed by atoms with van der Waals surface area (Å²) in [6, 6.07) is 0. The minimum atomic E-state index is -1.53. The minimum absolute atomic E-state index is 0.122. The second-order valence-corrected chi connectivity index (χ2v) is 3.21. The Morgan fingerprint density at radius 2 is 1.62 bits per heavy atom. The molecule has 0 aliphatic heterocycles. The van der Waals surface area contributed by atoms with Crippen LogP contribution in [-0.2, 0) is 0 Å². The summed E-state index contributed by atoms with van der Waals surface area (Å²) in [7, 11) is 1.19. The third-order valence-electron chi connectivity index (χ3n) is 1.65. The van der Waals surface area contributed by atoms with Crippen LogP contribution in [0, 0.1) is 24.4 Å². The molecule has 0 unspecified atom stereocenters. The highest BCUT2D eigenvalue weighted by Gasteiger charge is 2.21. The van der Waals surface area contributed by atoms with Gasteiger partial charge in [0.1, 0.15) is 0 Å². The van der Waals surface area contributed by atoms with Crippen molar-refractivity contribution in [2.75, 3.05) is 7.11 Å². The molecule has 0 fully saturated rings. The molecule has 0 N–H and O–H groups in total. The standard InChI is InChI=1S/C8H6BrF3O/c1-3-4(9)5(10)6(11)7(12)8(3)13-2/h1-2H3. The maximum atomic E-state index is 12.9. The van der Waals surface area contributed by atoms with Gasteiger partial charge in [-0.05, 0) is 22.9 Å². The van der Waals surface area contributed by atoms with Crippen molar-refractivity contribution in [1.82, 2.24) is 0 Å². The van der Waals surface area contributed by atoms with Gasteiger partial charge in [0, 0.05) is 5.56 Å². The number of methoxy groups -OCH3 is 1. The van der Waals surface area contributed by atoms with Crippen LogP contribution in [0.5, 0.6) is 5.75 Å². The highest BCUT2D eigenvalue weighted by Crippen LogP contribution is 2.33. The van der Waals surface area contributed by atoms with Crippen molar-refractivity contribution >= 4 is 15.9 Å². The van der Waals surface area contributed by atoms with E-state index in [1.165, 1.54) is 14.0 Å². The smallest absolute Gasteiger partial charge is 0.204 e. The minimum Gasteiger partial charge on any atom is -0.493 e. The first-order valence-electron chi connectivity index (χ1n) is 3.37. The van der Waals surface area contributed by atoms with Crippen LogP contribution in [0.2, 0.25) is 0 Å². The van der Waals surface area contributed by atoms with Gasteiger partial charge >= 0.3 is 0 Å². The third-order valence-corrected chi connectivity index (χ3v) is 2.59. The van der Waals surface area contributed by atoms with Crippen molar-refractivity contribution in [3.05, 3.63) is 27.5 Å². The number of hydrogen-bond acceptors (Lipinski definition) is 1. The lowest BCUT2D eigenvalue weighted by Crippen LogP contribution is -2.00. The molecule has 0 saturated heterocycles. The van der Waals surface area contributed by atoms with Crippen LogP contribution in [-0.4, -0.2) is 7.11 Å². The Labute approximate surface area is 81.6 Å². The summed E-state index contributed by atoms with van der Waals surface area (Å²) in [6.07, 6.45) is 0. The summed E-state index contributed by atoms with van der Waals surface area (Å²) >= 11 is 2.79. The summed E-state index contributed by atoms with van der Waals surface area (Å²) in [6.45, 7) is 1.43. The maximum Gasteiger partial charge on any atom is 0.204 e. The van der Waals surface area contributed by atoms with E-state index in [0.29, 0.717) is 0 Å². The molecule has 1 nitrogen and oxygen atoms in total. The average Bonchev–Trinajstić information content (AvgIpc) is 2.13. The van der Waals surface area contributed by atoms with E-state index in [2.05, 4.69) is 20.7 Å². The van der Waals surface area contributed by atoms with Crippen LogP contribution in [0.15, 0.2) is 4.47 Å². The number of rotatable bonds is 1. The largest absolute Gasteiger partial charge is 0.493 e. The highest BCUT2D eigenvalue weighted by atomic mass is 79.9. The molecule has 0 bridgehead atoms. The molecule has 0 aliphatic rings. The van der Waals surface area contributed by atoms with Crippen molar-refractivity contribution in [3.8, 4) is 5.75 Å². The zero-order valence-electron chi connectivity index (χ0n) is 6.92. The van der Waals surface area contributed by atoms with E-state index < -0.39 is 17.5 Å². The molecular formula is C8H6BrF3O. The van der Waals surface area contributed by atoms with Crippen LogP contribution in [0.1, 0.15) is 5.56 Å². The van der Waals surface area contributed by atoms with E-state index in [1.54, 1.807) is 0 Å². The second kappa shape index (κ2) is 3.57. The summed E-state index contributed by atoms with van der Waals surface area (Å²) in [5.41, 5.74) is 0.193. The van der Waals surface area contributed by atoms with Crippen LogP contribution >= 0.6 is 15.9 Å². The quantitative estimate of drug-likeness (QED) is 0.553. The summed E-state index contributed by atoms with van der Waals surface area (Å²) in [5, 5.41) is 0. The summed E-state index contributed by atoms with van der Waals surface area (Å²) in [4.78, 5) is 0. The molecule has 5 heteroatoms. The van der Waals surface area contributed by atoms with Gasteiger partial charge in [-0.1, -0.05) is 0 Å². The lowest BCUT2D eigenvalue weighted by atomic mass is 10.2. The first-order chi connectivity index (χ1) is 6.00. The normalized spacial score (nSPS) is 10.3. The van der Waals surface area contributed by atoms with Gasteiger partial charge in [0.2, 0.25) is 5.82 Å². The van der Waals surface area contributed by atoms with Gasteiger partial charge in [0.15, 0.2) is 17.4 Å². The van der Waals surface area contributed by atoms with Crippen LogP contribution in [0.4, 0.5) is 13.2 Å². The number of ether oxygens (including phenoxy) is 1. The molecule has 0 aromatic heterocycles. The van der Waals surface area contributed by atoms with E-state index in [0.717, 1.165) is 0 Å². The lowest BCUT2D eigenvalue weighted by molar-refractivity contribution is 0.356. The predicted molar refractivity (Wildman–Crippen MR) is 45.3 cm³/mol. The molecule has 0 amide bonds. The predicted octanol–water partition coefficient (Wildman–Crippen LogP) is 3.18. The number of benzene rings is 1. The Morgan fingerprint density at radius 1 is 1.08 bits per heavy atom. The number of halogens is 4. The van der Waals surface area contributed by atoms with Crippen LogP contribution in [0.25, 0.3) is 0 Å². The Balaban J connectivity index is 3.56. The van der Waals surface area contributed by atoms with Crippen molar-refractivity contribution in [2.45, 2.75) is 6.92 Å². The first-order valence-corrected chi connectivity index (χ1v) is 4.16. The lowest BCUT2D eigenvalue weighted by Gasteiger charge is -2.09. The van der Waals surface area contributed by atoms with Gasteiger partial charge < -0.3 is 4.74 Å². The van der Waals surface area contributed by atoms with Gasteiger partial charge in [0.25, 0.3) is 0 Å². The molecule has 72 valence electrons. The van der Waals surface area contributed by atoms with Crippen molar-refractivity contribution in [3.63, 3.8) is 0 Å². The van der Waals surface area contributed by atoms with E-state index >= 15 is 0 Å². The molecule has 0 spiro atoms. The maximum absolute atomic E-state index is 12.9. The Bertz CT molecular complexity index is 323.